The number of carboxylic acid groups (broad SMARTS) is 2. The number of aliphatic hydroxyl groups is 1. The van der Waals surface area contributed by atoms with Crippen molar-refractivity contribution < 1.29 is 42.0 Å². The van der Waals surface area contributed by atoms with Crippen LogP contribution in [0.5, 0.6) is 0 Å². The van der Waals surface area contributed by atoms with Crippen molar-refractivity contribution in [3.63, 3.8) is 0 Å². The quantitative estimate of drug-likeness (QED) is 0.379. The maximum atomic E-state index is 11.5. The van der Waals surface area contributed by atoms with Gasteiger partial charge in [-0.2, -0.15) is 0 Å². The van der Waals surface area contributed by atoms with E-state index >= 15 is 0 Å². The second-order valence-corrected chi connectivity index (χ2v) is 6.90. The molecule has 1 aliphatic rings. The minimum atomic E-state index is -0.991. The molecule has 1 radical (unpaired) electrons. The summed E-state index contributed by atoms with van der Waals surface area (Å²) in [4.78, 5) is 30.6. The molecule has 2 unspecified atom stereocenters. The molecule has 0 spiro atoms. The molecule has 0 aromatic carbocycles. The first-order valence-corrected chi connectivity index (χ1v) is 9.05. The van der Waals surface area contributed by atoms with Crippen LogP contribution >= 0.6 is 0 Å². The van der Waals surface area contributed by atoms with Crippen LogP contribution in [0.15, 0.2) is 36.7 Å². The zero-order valence-electron chi connectivity index (χ0n) is 15.7. The minimum Gasteiger partial charge on any atom is -0.512 e. The number of aliphatic hydroxyl groups excluding tert-OH is 1. The number of carbonyl (C=O) groups is 2. The summed E-state index contributed by atoms with van der Waals surface area (Å²) in [6, 6.07) is 5.18. The molecule has 1 aliphatic carbocycles. The van der Waals surface area contributed by atoms with Gasteiger partial charge in [-0.05, 0) is 25.0 Å². The van der Waals surface area contributed by atoms with Crippen LogP contribution in [0, 0.1) is 0 Å². The molecule has 8 nitrogen and oxygen atoms in total. The second-order valence-electron chi connectivity index (χ2n) is 6.90. The van der Waals surface area contributed by atoms with Crippen LogP contribution in [0.1, 0.15) is 31.4 Å². The van der Waals surface area contributed by atoms with Crippen molar-refractivity contribution in [1.82, 2.24) is 14.8 Å². The number of nitrogens with zero attached hydrogens (tertiary/aromatic N) is 3. The van der Waals surface area contributed by atoms with Crippen LogP contribution in [0.25, 0.3) is 0 Å². The van der Waals surface area contributed by atoms with E-state index in [2.05, 4.69) is 11.6 Å². The normalized spacial score (nSPS) is 19.2. The zero-order chi connectivity index (χ0) is 19.8. The first kappa shape index (κ1) is 24.1. The molecule has 1 aromatic rings. The molecule has 0 bridgehead atoms. The number of hydrogen-bond acceptors (Lipinski definition) is 6. The molecule has 1 saturated carbocycles. The third-order valence-corrected chi connectivity index (χ3v) is 4.79. The molecule has 0 amide bonds. The standard InChI is InChI=1S/C19H27N3O5.Mn/c1-14(23)10-21(12-18(24)25)16-7-2-3-8-17(16)22(13-19(26)27)11-15-6-4-5-9-20-15;/h4-6,9,16-17,23H,1-3,7-8,10-13H2,(H,24,25)(H,26,27);/q;+2. The second kappa shape index (κ2) is 11.8. The number of pyridine rings is 1. The fraction of sp³-hybridized carbons (Fsp3) is 0.526. The van der Waals surface area contributed by atoms with E-state index in [-0.39, 0.29) is 54.5 Å². The summed E-state index contributed by atoms with van der Waals surface area (Å²) >= 11 is 0. The number of hydrogen-bond donors (Lipinski definition) is 3. The van der Waals surface area contributed by atoms with Gasteiger partial charge in [0.25, 0.3) is 0 Å². The molecule has 0 saturated heterocycles. The molecule has 1 aromatic heterocycles. The molecular formula is C19H27MnN3O5+2. The van der Waals surface area contributed by atoms with E-state index in [0.717, 1.165) is 31.4 Å². The number of carboxylic acids is 2. The molecular weight excluding hydrogens is 405 g/mol. The van der Waals surface area contributed by atoms with Gasteiger partial charge in [-0.25, -0.2) is 0 Å². The molecule has 2 atom stereocenters. The molecule has 1 heterocycles. The van der Waals surface area contributed by atoms with E-state index in [0.29, 0.717) is 6.54 Å². The molecule has 0 aliphatic heterocycles. The Bertz CT molecular complexity index is 642. The van der Waals surface area contributed by atoms with Crippen molar-refractivity contribution in [2.45, 2.75) is 44.3 Å². The van der Waals surface area contributed by atoms with Gasteiger partial charge in [0, 0.05) is 24.8 Å². The molecule has 9 heteroatoms. The Hall–Kier alpha value is -1.93. The van der Waals surface area contributed by atoms with Crippen LogP contribution in [0.4, 0.5) is 0 Å². The largest absolute Gasteiger partial charge is 2.00 e. The number of rotatable bonds is 10. The summed E-state index contributed by atoms with van der Waals surface area (Å²) in [7, 11) is 0. The van der Waals surface area contributed by atoms with Gasteiger partial charge in [0.1, 0.15) is 0 Å². The summed E-state index contributed by atoms with van der Waals surface area (Å²) in [5.74, 6) is -2.03. The average molecular weight is 432 g/mol. The van der Waals surface area contributed by atoms with Crippen molar-refractivity contribution in [2.75, 3.05) is 19.6 Å². The van der Waals surface area contributed by atoms with Crippen LogP contribution in [0.3, 0.4) is 0 Å². The molecule has 2 rings (SSSR count). The van der Waals surface area contributed by atoms with Crippen molar-refractivity contribution in [2.24, 2.45) is 0 Å². The summed E-state index contributed by atoms with van der Waals surface area (Å²) in [5.41, 5.74) is 0.763. The van der Waals surface area contributed by atoms with Gasteiger partial charge in [0.05, 0.1) is 31.1 Å². The fourth-order valence-electron chi connectivity index (χ4n) is 3.81. The van der Waals surface area contributed by atoms with E-state index in [4.69, 9.17) is 0 Å². The topological polar surface area (TPSA) is 114 Å². The predicted octanol–water partition coefficient (Wildman–Crippen LogP) is 1.74. The number of aromatic nitrogens is 1. The summed E-state index contributed by atoms with van der Waals surface area (Å²) < 4.78 is 0. The van der Waals surface area contributed by atoms with Gasteiger partial charge in [0.2, 0.25) is 0 Å². The Morgan fingerprint density at radius 3 is 2.07 bits per heavy atom. The van der Waals surface area contributed by atoms with E-state index in [1.807, 2.05) is 17.0 Å². The van der Waals surface area contributed by atoms with Gasteiger partial charge in [-0.1, -0.05) is 25.5 Å². The Labute approximate surface area is 175 Å². The third-order valence-electron chi connectivity index (χ3n) is 4.79. The molecule has 1 fully saturated rings. The van der Waals surface area contributed by atoms with Crippen LogP contribution in [0.2, 0.25) is 0 Å². The van der Waals surface area contributed by atoms with Gasteiger partial charge < -0.3 is 15.3 Å². The Kier molecular flexibility index (Phi) is 10.2. The van der Waals surface area contributed by atoms with Gasteiger partial charge in [-0.3, -0.25) is 24.4 Å². The smallest absolute Gasteiger partial charge is 0.512 e. The molecule has 28 heavy (non-hydrogen) atoms. The maximum Gasteiger partial charge on any atom is 2.00 e. The Balaban J connectivity index is 0.00000392. The molecule has 3 N–H and O–H groups in total. The van der Waals surface area contributed by atoms with E-state index in [1.54, 1.807) is 17.2 Å². The van der Waals surface area contributed by atoms with Crippen LogP contribution in [-0.4, -0.2) is 73.8 Å². The Morgan fingerprint density at radius 1 is 1.00 bits per heavy atom. The van der Waals surface area contributed by atoms with E-state index in [1.165, 1.54) is 0 Å². The number of aliphatic carboxylic acids is 2. The van der Waals surface area contributed by atoms with E-state index < -0.39 is 11.9 Å². The Morgan fingerprint density at radius 2 is 1.57 bits per heavy atom. The van der Waals surface area contributed by atoms with Gasteiger partial charge in [-0.15, -0.1) is 0 Å². The van der Waals surface area contributed by atoms with Gasteiger partial charge in [0.15, 0.2) is 0 Å². The van der Waals surface area contributed by atoms with Crippen molar-refractivity contribution in [1.29, 1.82) is 0 Å². The average Bonchev–Trinajstić information content (AvgIpc) is 2.60. The van der Waals surface area contributed by atoms with Crippen LogP contribution in [-0.2, 0) is 33.2 Å². The predicted molar refractivity (Wildman–Crippen MR) is 99.3 cm³/mol. The third kappa shape index (κ3) is 7.59. The van der Waals surface area contributed by atoms with Crippen LogP contribution < -0.4 is 0 Å². The SMILES string of the molecule is C=C(O)CN(CC(=O)O)C1CCCCC1N(CC(=O)O)Cc1ccccn1.[Mn+2]. The minimum absolute atomic E-state index is 0. The van der Waals surface area contributed by atoms with Crippen molar-refractivity contribution in [3.05, 3.63) is 42.4 Å². The monoisotopic (exact) mass is 432 g/mol. The van der Waals surface area contributed by atoms with Crippen molar-refractivity contribution in [3.8, 4) is 0 Å². The first-order chi connectivity index (χ1) is 12.9. The fourth-order valence-corrected chi connectivity index (χ4v) is 3.81. The van der Waals surface area contributed by atoms with E-state index in [9.17, 15) is 24.9 Å². The molecule has 153 valence electrons. The summed E-state index contributed by atoms with van der Waals surface area (Å²) in [6.07, 6.45) is 5.04. The maximum absolute atomic E-state index is 11.5. The summed E-state index contributed by atoms with van der Waals surface area (Å²) in [6.45, 7) is 3.53. The summed E-state index contributed by atoms with van der Waals surface area (Å²) in [5, 5.41) is 28.3. The van der Waals surface area contributed by atoms with Gasteiger partial charge >= 0.3 is 29.0 Å². The first-order valence-electron chi connectivity index (χ1n) is 9.05. The zero-order valence-corrected chi connectivity index (χ0v) is 16.9. The van der Waals surface area contributed by atoms with Crippen molar-refractivity contribution >= 4 is 11.9 Å².